The van der Waals surface area contributed by atoms with Crippen LogP contribution in [-0.2, 0) is 24.5 Å². The molecule has 0 aliphatic heterocycles. The zero-order valence-electron chi connectivity index (χ0n) is 14.9. The molecule has 2 aromatic carbocycles. The summed E-state index contributed by atoms with van der Waals surface area (Å²) in [6.45, 7) is 3.40. The number of halogens is 2. The van der Waals surface area contributed by atoms with E-state index in [1.165, 1.54) is 36.4 Å². The molecule has 0 unspecified atom stereocenters. The van der Waals surface area contributed by atoms with Crippen LogP contribution in [0.4, 0.5) is 11.4 Å². The SMILES string of the molecule is CCOC(=O)C(C(=O)OCC)(c1ccc(N)c(Cl)c1)c1ccc(N)c(Cl)c1. The van der Waals surface area contributed by atoms with Crippen molar-refractivity contribution in [2.75, 3.05) is 24.7 Å². The molecule has 0 saturated heterocycles. The zero-order chi connectivity index (χ0) is 20.2. The van der Waals surface area contributed by atoms with E-state index in [-0.39, 0.29) is 34.4 Å². The van der Waals surface area contributed by atoms with Gasteiger partial charge in [-0.05, 0) is 49.2 Å². The third kappa shape index (κ3) is 3.82. The molecule has 8 heteroatoms. The summed E-state index contributed by atoms with van der Waals surface area (Å²) >= 11 is 12.3. The molecule has 0 fully saturated rings. The molecule has 27 heavy (non-hydrogen) atoms. The van der Waals surface area contributed by atoms with E-state index >= 15 is 0 Å². The topological polar surface area (TPSA) is 105 Å². The van der Waals surface area contributed by atoms with Gasteiger partial charge in [0.2, 0.25) is 5.41 Å². The number of carbonyl (C=O) groups excluding carboxylic acids is 2. The van der Waals surface area contributed by atoms with Crippen LogP contribution in [0.1, 0.15) is 25.0 Å². The van der Waals surface area contributed by atoms with Crippen molar-refractivity contribution >= 4 is 46.5 Å². The smallest absolute Gasteiger partial charge is 0.332 e. The molecule has 0 radical (unpaired) electrons. The van der Waals surface area contributed by atoms with Crippen LogP contribution < -0.4 is 11.5 Å². The lowest BCUT2D eigenvalue weighted by molar-refractivity contribution is -0.162. The van der Waals surface area contributed by atoms with E-state index in [4.69, 9.17) is 44.1 Å². The predicted molar refractivity (Wildman–Crippen MR) is 106 cm³/mol. The molecule has 0 saturated carbocycles. The Morgan fingerprint density at radius 1 is 0.852 bits per heavy atom. The number of benzene rings is 2. The molecule has 0 bridgehead atoms. The number of anilines is 2. The maximum atomic E-state index is 13.1. The Morgan fingerprint density at radius 2 is 1.22 bits per heavy atom. The van der Waals surface area contributed by atoms with Crippen molar-refractivity contribution in [3.63, 3.8) is 0 Å². The normalized spacial score (nSPS) is 11.1. The number of nitrogens with two attached hydrogens (primary N) is 2. The molecule has 0 spiro atoms. The van der Waals surface area contributed by atoms with E-state index in [2.05, 4.69) is 0 Å². The maximum Gasteiger partial charge on any atom is 0.332 e. The summed E-state index contributed by atoms with van der Waals surface area (Å²) in [6.07, 6.45) is 0. The Morgan fingerprint density at radius 3 is 1.52 bits per heavy atom. The van der Waals surface area contributed by atoms with E-state index in [9.17, 15) is 9.59 Å². The first kappa shape index (κ1) is 20.9. The molecule has 0 heterocycles. The number of ether oxygens (including phenoxy) is 2. The number of esters is 2. The summed E-state index contributed by atoms with van der Waals surface area (Å²) in [5, 5.41) is 0.374. The van der Waals surface area contributed by atoms with Crippen molar-refractivity contribution in [2.45, 2.75) is 19.3 Å². The molecule has 0 aliphatic carbocycles. The van der Waals surface area contributed by atoms with Crippen molar-refractivity contribution < 1.29 is 19.1 Å². The first-order valence-electron chi connectivity index (χ1n) is 8.24. The number of nitrogen functional groups attached to an aromatic ring is 2. The predicted octanol–water partition coefficient (Wildman–Crippen LogP) is 3.57. The first-order chi connectivity index (χ1) is 12.8. The van der Waals surface area contributed by atoms with Crippen LogP contribution in [0.15, 0.2) is 36.4 Å². The van der Waals surface area contributed by atoms with Crippen molar-refractivity contribution in [2.24, 2.45) is 0 Å². The Bertz CT molecular complexity index is 799. The van der Waals surface area contributed by atoms with Gasteiger partial charge in [0.25, 0.3) is 0 Å². The third-order valence-corrected chi connectivity index (χ3v) is 4.68. The van der Waals surface area contributed by atoms with Gasteiger partial charge >= 0.3 is 11.9 Å². The lowest BCUT2D eigenvalue weighted by Gasteiger charge is -2.30. The fraction of sp³-hybridized carbons (Fsp3) is 0.263. The van der Waals surface area contributed by atoms with Crippen LogP contribution in [0.2, 0.25) is 10.0 Å². The highest BCUT2D eigenvalue weighted by Gasteiger charge is 2.52. The molecule has 0 aromatic heterocycles. The molecule has 0 amide bonds. The fourth-order valence-electron chi connectivity index (χ4n) is 2.72. The summed E-state index contributed by atoms with van der Waals surface area (Å²) in [6, 6.07) is 8.94. The maximum absolute atomic E-state index is 13.1. The Kier molecular flexibility index (Phi) is 6.57. The van der Waals surface area contributed by atoms with Gasteiger partial charge in [-0.2, -0.15) is 0 Å². The zero-order valence-corrected chi connectivity index (χ0v) is 16.4. The molecular weight excluding hydrogens is 391 g/mol. The Labute approximate surface area is 167 Å². The van der Waals surface area contributed by atoms with E-state index in [0.717, 1.165) is 0 Å². The highest BCUT2D eigenvalue weighted by Crippen LogP contribution is 2.39. The minimum atomic E-state index is -1.93. The van der Waals surface area contributed by atoms with Gasteiger partial charge < -0.3 is 20.9 Å². The van der Waals surface area contributed by atoms with Gasteiger partial charge in [-0.25, -0.2) is 0 Å². The standard InChI is InChI=1S/C19H20Cl2N2O4/c1-3-26-17(24)19(18(25)27-4-2,11-5-7-15(22)13(20)9-11)12-6-8-16(23)14(21)10-12/h5-10H,3-4,22-23H2,1-2H3. The molecule has 0 atom stereocenters. The lowest BCUT2D eigenvalue weighted by Crippen LogP contribution is -2.47. The highest BCUT2D eigenvalue weighted by molar-refractivity contribution is 6.33. The number of hydrogen-bond acceptors (Lipinski definition) is 6. The van der Waals surface area contributed by atoms with Gasteiger partial charge in [-0.3, -0.25) is 9.59 Å². The average molecular weight is 411 g/mol. The van der Waals surface area contributed by atoms with Crippen molar-refractivity contribution in [1.82, 2.24) is 0 Å². The van der Waals surface area contributed by atoms with Gasteiger partial charge in [0.1, 0.15) is 0 Å². The van der Waals surface area contributed by atoms with Crippen LogP contribution >= 0.6 is 23.2 Å². The number of carbonyl (C=O) groups is 2. The summed E-state index contributed by atoms with van der Waals surface area (Å²) < 4.78 is 10.5. The van der Waals surface area contributed by atoms with Gasteiger partial charge in [-0.15, -0.1) is 0 Å². The summed E-state index contributed by atoms with van der Waals surface area (Å²) in [5.41, 5.74) is 10.7. The molecule has 6 nitrogen and oxygen atoms in total. The van der Waals surface area contributed by atoms with Crippen LogP contribution in [0.25, 0.3) is 0 Å². The lowest BCUT2D eigenvalue weighted by atomic mass is 9.74. The number of rotatable bonds is 6. The largest absolute Gasteiger partial charge is 0.465 e. The van der Waals surface area contributed by atoms with E-state index in [1.807, 2.05) is 0 Å². The molecule has 144 valence electrons. The van der Waals surface area contributed by atoms with Crippen LogP contribution in [-0.4, -0.2) is 25.2 Å². The van der Waals surface area contributed by atoms with Gasteiger partial charge in [0.15, 0.2) is 0 Å². The van der Waals surface area contributed by atoms with Crippen LogP contribution in [0, 0.1) is 0 Å². The Balaban J connectivity index is 2.87. The molecule has 2 rings (SSSR count). The van der Waals surface area contributed by atoms with Gasteiger partial charge in [0.05, 0.1) is 34.6 Å². The van der Waals surface area contributed by atoms with E-state index in [0.29, 0.717) is 11.4 Å². The summed E-state index contributed by atoms with van der Waals surface area (Å²) in [4.78, 5) is 26.2. The summed E-state index contributed by atoms with van der Waals surface area (Å²) in [5.74, 6) is -1.63. The quantitative estimate of drug-likeness (QED) is 0.428. The highest BCUT2D eigenvalue weighted by atomic mass is 35.5. The van der Waals surface area contributed by atoms with Gasteiger partial charge in [0, 0.05) is 0 Å². The minimum absolute atomic E-state index is 0.0609. The molecule has 2 aromatic rings. The van der Waals surface area contributed by atoms with Crippen LogP contribution in [0.3, 0.4) is 0 Å². The van der Waals surface area contributed by atoms with Crippen molar-refractivity contribution in [3.05, 3.63) is 57.6 Å². The molecule has 0 aliphatic rings. The van der Waals surface area contributed by atoms with Gasteiger partial charge in [-0.1, -0.05) is 35.3 Å². The molecule has 4 N–H and O–H groups in total. The van der Waals surface area contributed by atoms with Crippen LogP contribution in [0.5, 0.6) is 0 Å². The fourth-order valence-corrected chi connectivity index (χ4v) is 3.08. The van der Waals surface area contributed by atoms with Crippen molar-refractivity contribution in [3.8, 4) is 0 Å². The average Bonchev–Trinajstić information content (AvgIpc) is 2.62. The van der Waals surface area contributed by atoms with E-state index in [1.54, 1.807) is 13.8 Å². The third-order valence-electron chi connectivity index (χ3n) is 4.03. The van der Waals surface area contributed by atoms with E-state index < -0.39 is 17.4 Å². The Hall–Kier alpha value is -2.44. The molecular formula is C19H20Cl2N2O4. The monoisotopic (exact) mass is 410 g/mol. The second kappa shape index (κ2) is 8.50. The first-order valence-corrected chi connectivity index (χ1v) is 9.00. The summed E-state index contributed by atoms with van der Waals surface area (Å²) in [7, 11) is 0. The number of hydrogen-bond donors (Lipinski definition) is 2. The minimum Gasteiger partial charge on any atom is -0.465 e. The van der Waals surface area contributed by atoms with Crippen molar-refractivity contribution in [1.29, 1.82) is 0 Å². The second-order valence-electron chi connectivity index (χ2n) is 5.66. The second-order valence-corrected chi connectivity index (χ2v) is 6.48.